The first-order chi connectivity index (χ1) is 18.3. The molecule has 4 rings (SSSR count). The predicted octanol–water partition coefficient (Wildman–Crippen LogP) is 4.66. The van der Waals surface area contributed by atoms with Gasteiger partial charge in [0.05, 0.1) is 4.90 Å². The zero-order chi connectivity index (χ0) is 27.0. The van der Waals surface area contributed by atoms with Crippen LogP contribution in [-0.4, -0.2) is 26.3 Å². The fourth-order valence-corrected chi connectivity index (χ4v) is 5.95. The third kappa shape index (κ3) is 7.28. The number of amides is 2. The summed E-state index contributed by atoms with van der Waals surface area (Å²) in [6.07, 6.45) is -0.0329. The summed E-state index contributed by atoms with van der Waals surface area (Å²) in [6, 6.07) is 27.9. The maximum atomic E-state index is 13.5. The summed E-state index contributed by atoms with van der Waals surface area (Å²) >= 11 is 3.46. The van der Waals surface area contributed by atoms with Crippen molar-refractivity contribution in [3.8, 4) is 0 Å². The Balaban J connectivity index is 1.50. The normalized spacial score (nSPS) is 12.1. The van der Waals surface area contributed by atoms with Crippen molar-refractivity contribution in [2.45, 2.75) is 36.9 Å². The third-order valence-corrected chi connectivity index (χ3v) is 8.26. The largest absolute Gasteiger partial charge is 0.352 e. The Morgan fingerprint density at radius 3 is 1.89 bits per heavy atom. The number of hydrogen-bond acceptors (Lipinski definition) is 4. The predicted molar refractivity (Wildman–Crippen MR) is 152 cm³/mol. The van der Waals surface area contributed by atoms with Gasteiger partial charge in [-0.15, -0.1) is 0 Å². The maximum Gasteiger partial charge on any atom is 0.241 e. The number of carbonyl (C=O) groups is 2. The molecular formula is C29H28BrN3O4S. The molecule has 7 nitrogen and oxygen atoms in total. The first kappa shape index (κ1) is 27.5. The Morgan fingerprint density at radius 2 is 1.26 bits per heavy atom. The molecule has 0 aromatic heterocycles. The molecule has 0 aliphatic rings. The van der Waals surface area contributed by atoms with Crippen molar-refractivity contribution in [1.29, 1.82) is 0 Å². The molecule has 196 valence electrons. The minimum absolute atomic E-state index is 0.00502. The molecule has 1 unspecified atom stereocenters. The molecule has 38 heavy (non-hydrogen) atoms. The SMILES string of the molecule is O=C(CCC(NS(=O)(=O)c1ccc(Br)c2ccccc12)C(=O)NCc1ccccc1)NCc1ccccc1. The third-order valence-electron chi connectivity index (χ3n) is 6.04. The first-order valence-electron chi connectivity index (χ1n) is 12.2. The Bertz CT molecular complexity index is 1510. The van der Waals surface area contributed by atoms with E-state index in [0.29, 0.717) is 11.9 Å². The molecule has 9 heteroatoms. The molecule has 4 aromatic rings. The van der Waals surface area contributed by atoms with E-state index in [-0.39, 0.29) is 30.2 Å². The van der Waals surface area contributed by atoms with Crippen LogP contribution in [-0.2, 0) is 32.7 Å². The van der Waals surface area contributed by atoms with Crippen molar-refractivity contribution in [3.63, 3.8) is 0 Å². The van der Waals surface area contributed by atoms with Gasteiger partial charge in [-0.05, 0) is 35.1 Å². The number of benzene rings is 4. The van der Waals surface area contributed by atoms with Gasteiger partial charge in [-0.1, -0.05) is 101 Å². The number of sulfonamides is 1. The second-order valence-electron chi connectivity index (χ2n) is 8.77. The highest BCUT2D eigenvalue weighted by Crippen LogP contribution is 2.29. The molecule has 0 saturated heterocycles. The smallest absolute Gasteiger partial charge is 0.241 e. The lowest BCUT2D eigenvalue weighted by Gasteiger charge is -2.19. The fraction of sp³-hybridized carbons (Fsp3) is 0.172. The van der Waals surface area contributed by atoms with Crippen LogP contribution in [0.1, 0.15) is 24.0 Å². The lowest BCUT2D eigenvalue weighted by atomic mass is 10.1. The Labute approximate surface area is 230 Å². The van der Waals surface area contributed by atoms with Crippen LogP contribution in [0.25, 0.3) is 10.8 Å². The van der Waals surface area contributed by atoms with E-state index in [1.807, 2.05) is 72.8 Å². The summed E-state index contributed by atoms with van der Waals surface area (Å²) < 4.78 is 30.3. The fourth-order valence-electron chi connectivity index (χ4n) is 4.03. The van der Waals surface area contributed by atoms with E-state index in [0.717, 1.165) is 21.0 Å². The molecule has 0 heterocycles. The van der Waals surface area contributed by atoms with Crippen LogP contribution in [0.2, 0.25) is 0 Å². The lowest BCUT2D eigenvalue weighted by Crippen LogP contribution is -2.47. The number of hydrogen-bond donors (Lipinski definition) is 3. The number of fused-ring (bicyclic) bond motifs is 1. The molecular weight excluding hydrogens is 566 g/mol. The van der Waals surface area contributed by atoms with Crippen LogP contribution >= 0.6 is 15.9 Å². The Hall–Kier alpha value is -3.53. The number of halogens is 1. The van der Waals surface area contributed by atoms with Crippen LogP contribution in [0.15, 0.2) is 106 Å². The van der Waals surface area contributed by atoms with E-state index >= 15 is 0 Å². The summed E-state index contributed by atoms with van der Waals surface area (Å²) in [4.78, 5) is 25.8. The van der Waals surface area contributed by atoms with Gasteiger partial charge in [-0.3, -0.25) is 9.59 Å². The lowest BCUT2D eigenvalue weighted by molar-refractivity contribution is -0.124. The number of rotatable bonds is 11. The first-order valence-corrected chi connectivity index (χ1v) is 14.4. The monoisotopic (exact) mass is 593 g/mol. The topological polar surface area (TPSA) is 104 Å². The van der Waals surface area contributed by atoms with Crippen molar-refractivity contribution in [1.82, 2.24) is 15.4 Å². The highest BCUT2D eigenvalue weighted by atomic mass is 79.9. The minimum Gasteiger partial charge on any atom is -0.352 e. The van der Waals surface area contributed by atoms with Crippen molar-refractivity contribution >= 4 is 48.5 Å². The van der Waals surface area contributed by atoms with Gasteiger partial charge in [0.25, 0.3) is 0 Å². The van der Waals surface area contributed by atoms with Crippen molar-refractivity contribution < 1.29 is 18.0 Å². The zero-order valence-electron chi connectivity index (χ0n) is 20.6. The summed E-state index contributed by atoms with van der Waals surface area (Å²) in [5.74, 6) is -0.780. The average Bonchev–Trinajstić information content (AvgIpc) is 2.94. The summed E-state index contributed by atoms with van der Waals surface area (Å²) in [5.41, 5.74) is 1.82. The van der Waals surface area contributed by atoms with Gasteiger partial charge in [0.2, 0.25) is 21.8 Å². The number of carbonyl (C=O) groups excluding carboxylic acids is 2. The Kier molecular flexibility index (Phi) is 9.28. The van der Waals surface area contributed by atoms with Crippen LogP contribution in [0.4, 0.5) is 0 Å². The van der Waals surface area contributed by atoms with Crippen LogP contribution in [0, 0.1) is 0 Å². The van der Waals surface area contributed by atoms with E-state index in [1.54, 1.807) is 18.2 Å². The Morgan fingerprint density at radius 1 is 0.711 bits per heavy atom. The van der Waals surface area contributed by atoms with Crippen molar-refractivity contribution in [3.05, 3.63) is 113 Å². The van der Waals surface area contributed by atoms with Crippen LogP contribution < -0.4 is 15.4 Å². The quantitative estimate of drug-likeness (QED) is 0.235. The molecule has 0 bridgehead atoms. The van der Waals surface area contributed by atoms with E-state index in [9.17, 15) is 18.0 Å². The summed E-state index contributed by atoms with van der Waals surface area (Å²) in [7, 11) is -4.10. The average molecular weight is 595 g/mol. The summed E-state index contributed by atoms with van der Waals surface area (Å²) in [6.45, 7) is 0.584. The van der Waals surface area contributed by atoms with Gasteiger partial charge in [0, 0.05) is 29.4 Å². The highest BCUT2D eigenvalue weighted by Gasteiger charge is 2.27. The van der Waals surface area contributed by atoms with Crippen LogP contribution in [0.3, 0.4) is 0 Å². The zero-order valence-corrected chi connectivity index (χ0v) is 23.0. The molecule has 3 N–H and O–H groups in total. The second-order valence-corrected chi connectivity index (χ2v) is 11.3. The van der Waals surface area contributed by atoms with Gasteiger partial charge in [-0.25, -0.2) is 8.42 Å². The van der Waals surface area contributed by atoms with Crippen molar-refractivity contribution in [2.75, 3.05) is 0 Å². The molecule has 0 fully saturated rings. The second kappa shape index (κ2) is 12.8. The standard InChI is InChI=1S/C29H28BrN3O4S/c30-25-15-17-27(24-14-8-7-13-23(24)25)38(36,37)33-26(29(35)32-20-22-11-5-2-6-12-22)16-18-28(34)31-19-21-9-3-1-4-10-21/h1-15,17,26,33H,16,18-20H2,(H,31,34)(H,32,35). The molecule has 0 saturated carbocycles. The molecule has 0 radical (unpaired) electrons. The molecule has 0 aliphatic heterocycles. The van der Waals surface area contributed by atoms with Gasteiger partial charge in [0.1, 0.15) is 6.04 Å². The van der Waals surface area contributed by atoms with Gasteiger partial charge in [0.15, 0.2) is 0 Å². The van der Waals surface area contributed by atoms with E-state index in [2.05, 4.69) is 31.3 Å². The maximum absolute atomic E-state index is 13.5. The van der Waals surface area contributed by atoms with E-state index in [1.165, 1.54) is 6.07 Å². The number of nitrogens with one attached hydrogen (secondary N) is 3. The summed E-state index contributed by atoms with van der Waals surface area (Å²) in [5, 5.41) is 6.88. The van der Waals surface area contributed by atoms with Gasteiger partial charge in [-0.2, -0.15) is 4.72 Å². The van der Waals surface area contributed by atoms with Gasteiger partial charge >= 0.3 is 0 Å². The molecule has 4 aromatic carbocycles. The highest BCUT2D eigenvalue weighted by molar-refractivity contribution is 9.10. The van der Waals surface area contributed by atoms with Crippen LogP contribution in [0.5, 0.6) is 0 Å². The molecule has 0 spiro atoms. The van der Waals surface area contributed by atoms with E-state index in [4.69, 9.17) is 0 Å². The van der Waals surface area contributed by atoms with E-state index < -0.39 is 22.0 Å². The molecule has 1 atom stereocenters. The molecule has 0 aliphatic carbocycles. The molecule has 2 amide bonds. The minimum atomic E-state index is -4.10. The van der Waals surface area contributed by atoms with Crippen molar-refractivity contribution in [2.24, 2.45) is 0 Å². The van der Waals surface area contributed by atoms with Gasteiger partial charge < -0.3 is 10.6 Å².